The van der Waals surface area contributed by atoms with Gasteiger partial charge in [0.05, 0.1) is 6.54 Å². The molecule has 94 valence electrons. The lowest BCUT2D eigenvalue weighted by atomic mass is 10.00. The number of hydrogen-bond donors (Lipinski definition) is 1. The Morgan fingerprint density at radius 3 is 2.89 bits per heavy atom. The number of aliphatic imine (C=N–C) groups is 1. The summed E-state index contributed by atoms with van der Waals surface area (Å²) in [4.78, 5) is 18.4. The van der Waals surface area contributed by atoms with Gasteiger partial charge in [-0.2, -0.15) is 0 Å². The van der Waals surface area contributed by atoms with Gasteiger partial charge in [-0.25, -0.2) is 0 Å². The highest BCUT2D eigenvalue weighted by molar-refractivity contribution is 6.38. The Hall–Kier alpha value is -1.84. The number of carbonyl (C=O) groups excluding carboxylic acids is 1. The molecule has 0 radical (unpaired) electrons. The number of amidine groups is 1. The molecule has 2 aliphatic heterocycles. The van der Waals surface area contributed by atoms with E-state index in [1.807, 2.05) is 17.9 Å². The summed E-state index contributed by atoms with van der Waals surface area (Å²) in [7, 11) is 0. The van der Waals surface area contributed by atoms with Gasteiger partial charge in [0.25, 0.3) is 5.91 Å². The van der Waals surface area contributed by atoms with Crippen LogP contribution in [-0.2, 0) is 17.8 Å². The number of hydrogen-bond acceptors (Lipinski definition) is 3. The molecular weight excluding hydrogens is 226 g/mol. The molecule has 1 aromatic rings. The van der Waals surface area contributed by atoms with Gasteiger partial charge in [0.1, 0.15) is 0 Å². The first-order valence-electron chi connectivity index (χ1n) is 6.41. The quantitative estimate of drug-likeness (QED) is 0.798. The van der Waals surface area contributed by atoms with Crippen LogP contribution in [0, 0.1) is 0 Å². The molecule has 2 aliphatic rings. The number of benzene rings is 1. The highest BCUT2D eigenvalue weighted by atomic mass is 16.2. The van der Waals surface area contributed by atoms with Crippen LogP contribution in [-0.4, -0.2) is 35.8 Å². The Morgan fingerprint density at radius 1 is 1.39 bits per heavy atom. The minimum absolute atomic E-state index is 0.0360. The van der Waals surface area contributed by atoms with Gasteiger partial charge < -0.3 is 10.2 Å². The molecule has 18 heavy (non-hydrogen) atoms. The summed E-state index contributed by atoms with van der Waals surface area (Å²) in [5.41, 5.74) is 2.61. The Labute approximate surface area is 107 Å². The van der Waals surface area contributed by atoms with E-state index in [2.05, 4.69) is 28.5 Å². The third kappa shape index (κ3) is 1.98. The number of nitrogens with zero attached hydrogens (tertiary/aromatic N) is 2. The van der Waals surface area contributed by atoms with Crippen molar-refractivity contribution in [2.24, 2.45) is 4.99 Å². The molecule has 0 spiro atoms. The molecule has 1 unspecified atom stereocenters. The van der Waals surface area contributed by atoms with Gasteiger partial charge >= 0.3 is 0 Å². The minimum atomic E-state index is 0.0360. The van der Waals surface area contributed by atoms with E-state index in [0.29, 0.717) is 18.9 Å². The molecule has 0 bridgehead atoms. The predicted octanol–water partition coefficient (Wildman–Crippen LogP) is 0.962. The second-order valence-electron chi connectivity index (χ2n) is 4.98. The van der Waals surface area contributed by atoms with Crippen LogP contribution in [0.1, 0.15) is 18.1 Å². The van der Waals surface area contributed by atoms with Crippen molar-refractivity contribution >= 4 is 11.7 Å². The zero-order chi connectivity index (χ0) is 12.5. The molecule has 1 atom stereocenters. The highest BCUT2D eigenvalue weighted by Crippen LogP contribution is 2.18. The lowest BCUT2D eigenvalue weighted by molar-refractivity contribution is -0.125. The summed E-state index contributed by atoms with van der Waals surface area (Å²) in [6.07, 6.45) is 0.935. The predicted molar refractivity (Wildman–Crippen MR) is 70.5 cm³/mol. The van der Waals surface area contributed by atoms with Crippen LogP contribution in [0.3, 0.4) is 0 Å². The monoisotopic (exact) mass is 243 g/mol. The van der Waals surface area contributed by atoms with Crippen molar-refractivity contribution in [1.82, 2.24) is 10.2 Å². The Balaban J connectivity index is 1.74. The number of carbonyl (C=O) groups is 1. The molecule has 2 heterocycles. The van der Waals surface area contributed by atoms with Gasteiger partial charge in [0.15, 0.2) is 5.84 Å². The number of amides is 1. The highest BCUT2D eigenvalue weighted by Gasteiger charge is 2.27. The standard InChI is InChI=1S/C14H17N3O/c1-10-8-15-13(16-10)14(18)17-7-6-11-4-2-3-5-12(11)9-17/h2-5,10H,6-9H2,1H3,(H,15,16). The zero-order valence-corrected chi connectivity index (χ0v) is 10.5. The van der Waals surface area contributed by atoms with Crippen molar-refractivity contribution < 1.29 is 4.79 Å². The van der Waals surface area contributed by atoms with Gasteiger partial charge in [-0.3, -0.25) is 9.79 Å². The Bertz CT molecular complexity index is 510. The van der Waals surface area contributed by atoms with E-state index >= 15 is 0 Å². The molecule has 4 heteroatoms. The van der Waals surface area contributed by atoms with Crippen LogP contribution < -0.4 is 5.32 Å². The fourth-order valence-corrected chi connectivity index (χ4v) is 2.50. The van der Waals surface area contributed by atoms with E-state index < -0.39 is 0 Å². The molecule has 0 aliphatic carbocycles. The average Bonchev–Trinajstić information content (AvgIpc) is 2.84. The molecule has 0 saturated heterocycles. The van der Waals surface area contributed by atoms with Crippen molar-refractivity contribution in [1.29, 1.82) is 0 Å². The van der Waals surface area contributed by atoms with Crippen molar-refractivity contribution in [2.45, 2.75) is 25.9 Å². The molecular formula is C14H17N3O. The first kappa shape index (κ1) is 11.3. The lowest BCUT2D eigenvalue weighted by Gasteiger charge is -2.28. The topological polar surface area (TPSA) is 44.7 Å². The molecule has 0 fully saturated rings. The summed E-state index contributed by atoms with van der Waals surface area (Å²) in [6, 6.07) is 8.60. The van der Waals surface area contributed by atoms with Crippen LogP contribution in [0.5, 0.6) is 0 Å². The maximum atomic E-state index is 12.3. The maximum absolute atomic E-state index is 12.3. The number of nitrogens with one attached hydrogen (secondary N) is 1. The Morgan fingerprint density at radius 2 is 2.17 bits per heavy atom. The van der Waals surface area contributed by atoms with E-state index in [1.165, 1.54) is 11.1 Å². The summed E-state index contributed by atoms with van der Waals surface area (Å²) in [5, 5.41) is 3.13. The SMILES string of the molecule is CC1CN=C(C(=O)N2CCc3ccccc3C2)N1. The molecule has 0 aromatic heterocycles. The molecule has 1 N–H and O–H groups in total. The van der Waals surface area contributed by atoms with Gasteiger partial charge in [-0.05, 0) is 24.5 Å². The minimum Gasteiger partial charge on any atom is -0.361 e. The summed E-state index contributed by atoms with van der Waals surface area (Å²) in [5.74, 6) is 0.565. The molecule has 3 rings (SSSR count). The van der Waals surface area contributed by atoms with Crippen LogP contribution in [0.15, 0.2) is 29.3 Å². The molecule has 1 amide bonds. The fraction of sp³-hybridized carbons (Fsp3) is 0.429. The van der Waals surface area contributed by atoms with Crippen molar-refractivity contribution in [3.63, 3.8) is 0 Å². The van der Waals surface area contributed by atoms with Gasteiger partial charge in [0, 0.05) is 19.1 Å². The fourth-order valence-electron chi connectivity index (χ4n) is 2.50. The molecule has 1 aromatic carbocycles. The number of rotatable bonds is 1. The van der Waals surface area contributed by atoms with E-state index in [4.69, 9.17) is 0 Å². The van der Waals surface area contributed by atoms with E-state index in [-0.39, 0.29) is 11.9 Å². The van der Waals surface area contributed by atoms with Gasteiger partial charge in [0.2, 0.25) is 0 Å². The van der Waals surface area contributed by atoms with Gasteiger partial charge in [-0.1, -0.05) is 24.3 Å². The summed E-state index contributed by atoms with van der Waals surface area (Å²) >= 11 is 0. The summed E-state index contributed by atoms with van der Waals surface area (Å²) in [6.45, 7) is 4.22. The summed E-state index contributed by atoms with van der Waals surface area (Å²) < 4.78 is 0. The van der Waals surface area contributed by atoms with Crippen LogP contribution >= 0.6 is 0 Å². The average molecular weight is 243 g/mol. The van der Waals surface area contributed by atoms with Crippen molar-refractivity contribution in [2.75, 3.05) is 13.1 Å². The third-order valence-electron chi connectivity index (χ3n) is 3.53. The first-order chi connectivity index (χ1) is 8.74. The van der Waals surface area contributed by atoms with E-state index in [1.54, 1.807) is 0 Å². The van der Waals surface area contributed by atoms with E-state index in [9.17, 15) is 4.79 Å². The molecule has 4 nitrogen and oxygen atoms in total. The van der Waals surface area contributed by atoms with Crippen molar-refractivity contribution in [3.8, 4) is 0 Å². The van der Waals surface area contributed by atoms with E-state index in [0.717, 1.165) is 13.0 Å². The zero-order valence-electron chi connectivity index (χ0n) is 10.5. The normalized spacial score (nSPS) is 22.2. The third-order valence-corrected chi connectivity index (χ3v) is 3.53. The second kappa shape index (κ2) is 4.44. The van der Waals surface area contributed by atoms with Crippen LogP contribution in [0.4, 0.5) is 0 Å². The molecule has 0 saturated carbocycles. The first-order valence-corrected chi connectivity index (χ1v) is 6.41. The second-order valence-corrected chi connectivity index (χ2v) is 4.98. The van der Waals surface area contributed by atoms with Crippen LogP contribution in [0.2, 0.25) is 0 Å². The van der Waals surface area contributed by atoms with Crippen molar-refractivity contribution in [3.05, 3.63) is 35.4 Å². The Kier molecular flexibility index (Phi) is 2.78. The lowest BCUT2D eigenvalue weighted by Crippen LogP contribution is -2.45. The maximum Gasteiger partial charge on any atom is 0.289 e. The van der Waals surface area contributed by atoms with Gasteiger partial charge in [-0.15, -0.1) is 0 Å². The smallest absolute Gasteiger partial charge is 0.289 e. The number of fused-ring (bicyclic) bond motifs is 1. The van der Waals surface area contributed by atoms with Crippen LogP contribution in [0.25, 0.3) is 0 Å². The largest absolute Gasteiger partial charge is 0.361 e.